The summed E-state index contributed by atoms with van der Waals surface area (Å²) >= 11 is 0. The maximum atomic E-state index is 12.1. The number of nitrogens with one attached hydrogen (secondary N) is 3. The van der Waals surface area contributed by atoms with Gasteiger partial charge in [0, 0.05) is 24.5 Å². The Morgan fingerprint density at radius 2 is 1.73 bits per heavy atom. The lowest BCUT2D eigenvalue weighted by Crippen LogP contribution is -2.60. The standard InChI is InChI=1S/C22H33N3O/c26-22-20-12-5-4-11-19(20)21(24-25-22)14-16-7-6-8-17(13-16)15-23-18-9-2-1-3-10-18/h6-8,13,18-21,23-24H,1-5,9-12,14-15H2,(H,25,26). The van der Waals surface area contributed by atoms with Gasteiger partial charge >= 0.3 is 0 Å². The Morgan fingerprint density at radius 3 is 2.62 bits per heavy atom. The van der Waals surface area contributed by atoms with E-state index in [2.05, 4.69) is 40.4 Å². The molecule has 0 radical (unpaired) electrons. The van der Waals surface area contributed by atoms with Crippen molar-refractivity contribution in [1.29, 1.82) is 0 Å². The molecule has 4 heteroatoms. The smallest absolute Gasteiger partial charge is 0.237 e. The molecule has 4 nitrogen and oxygen atoms in total. The molecule has 2 saturated carbocycles. The maximum absolute atomic E-state index is 12.1. The van der Waals surface area contributed by atoms with Crippen LogP contribution in [-0.4, -0.2) is 18.0 Å². The minimum atomic E-state index is 0.205. The van der Waals surface area contributed by atoms with E-state index in [9.17, 15) is 4.79 Å². The summed E-state index contributed by atoms with van der Waals surface area (Å²) in [7, 11) is 0. The molecule has 1 saturated heterocycles. The monoisotopic (exact) mass is 355 g/mol. The summed E-state index contributed by atoms with van der Waals surface area (Å²) in [5.41, 5.74) is 9.00. The zero-order chi connectivity index (χ0) is 17.8. The van der Waals surface area contributed by atoms with E-state index in [-0.39, 0.29) is 11.8 Å². The lowest BCUT2D eigenvalue weighted by molar-refractivity contribution is -0.133. The van der Waals surface area contributed by atoms with Crippen molar-refractivity contribution in [2.45, 2.75) is 82.8 Å². The van der Waals surface area contributed by atoms with Gasteiger partial charge in [0.15, 0.2) is 0 Å². The zero-order valence-electron chi connectivity index (χ0n) is 15.8. The van der Waals surface area contributed by atoms with Crippen LogP contribution < -0.4 is 16.2 Å². The van der Waals surface area contributed by atoms with Crippen LogP contribution in [0, 0.1) is 11.8 Å². The van der Waals surface area contributed by atoms with Gasteiger partial charge in [0.1, 0.15) is 0 Å². The Hall–Kier alpha value is -1.39. The van der Waals surface area contributed by atoms with E-state index in [0.29, 0.717) is 18.0 Å². The fourth-order valence-corrected chi connectivity index (χ4v) is 5.22. The second kappa shape index (κ2) is 8.53. The fourth-order valence-electron chi connectivity index (χ4n) is 5.22. The Morgan fingerprint density at radius 1 is 0.962 bits per heavy atom. The highest BCUT2D eigenvalue weighted by atomic mass is 16.2. The highest BCUT2D eigenvalue weighted by Gasteiger charge is 2.39. The number of carbonyl (C=O) groups excluding carboxylic acids is 1. The number of fused-ring (bicyclic) bond motifs is 1. The van der Waals surface area contributed by atoms with Gasteiger partial charge in [0.05, 0.1) is 0 Å². The zero-order valence-corrected chi connectivity index (χ0v) is 15.8. The number of hydrogen-bond acceptors (Lipinski definition) is 3. The molecule has 3 aliphatic rings. The molecule has 3 fully saturated rings. The number of rotatable bonds is 5. The van der Waals surface area contributed by atoms with Gasteiger partial charge in [0.2, 0.25) is 5.91 Å². The first-order valence-corrected chi connectivity index (χ1v) is 10.7. The van der Waals surface area contributed by atoms with E-state index in [1.165, 1.54) is 62.5 Å². The Balaban J connectivity index is 1.36. The maximum Gasteiger partial charge on any atom is 0.237 e. The summed E-state index contributed by atoms with van der Waals surface area (Å²) in [6.45, 7) is 0.972. The normalized spacial score (nSPS) is 29.8. The van der Waals surface area contributed by atoms with E-state index >= 15 is 0 Å². The first-order chi connectivity index (χ1) is 12.8. The molecule has 26 heavy (non-hydrogen) atoms. The number of benzene rings is 1. The van der Waals surface area contributed by atoms with E-state index in [1.54, 1.807) is 0 Å². The van der Waals surface area contributed by atoms with Crippen molar-refractivity contribution in [2.75, 3.05) is 0 Å². The molecule has 0 spiro atoms. The molecule has 3 atom stereocenters. The average Bonchev–Trinajstić information content (AvgIpc) is 2.70. The Bertz CT molecular complexity index is 611. The molecule has 1 heterocycles. The first-order valence-electron chi connectivity index (χ1n) is 10.7. The summed E-state index contributed by atoms with van der Waals surface area (Å²) in [5, 5.41) is 3.75. The molecule has 1 aromatic carbocycles. The predicted molar refractivity (Wildman–Crippen MR) is 104 cm³/mol. The molecule has 0 bridgehead atoms. The molecule has 1 aliphatic heterocycles. The van der Waals surface area contributed by atoms with E-state index in [4.69, 9.17) is 0 Å². The van der Waals surface area contributed by atoms with Crippen LogP contribution in [0.1, 0.15) is 68.9 Å². The van der Waals surface area contributed by atoms with Gasteiger partial charge in [0.25, 0.3) is 0 Å². The second-order valence-electron chi connectivity index (χ2n) is 8.53. The van der Waals surface area contributed by atoms with Gasteiger partial charge in [-0.3, -0.25) is 10.2 Å². The summed E-state index contributed by atoms with van der Waals surface area (Å²) in [6, 6.07) is 10.1. The molecular formula is C22H33N3O. The molecule has 1 amide bonds. The lowest BCUT2D eigenvalue weighted by atomic mass is 9.72. The van der Waals surface area contributed by atoms with E-state index in [1.807, 2.05) is 0 Å². The van der Waals surface area contributed by atoms with Gasteiger partial charge in [-0.2, -0.15) is 0 Å². The highest BCUT2D eigenvalue weighted by Crippen LogP contribution is 2.35. The van der Waals surface area contributed by atoms with Gasteiger partial charge < -0.3 is 5.32 Å². The van der Waals surface area contributed by atoms with Crippen molar-refractivity contribution in [2.24, 2.45) is 11.8 Å². The third kappa shape index (κ3) is 4.29. The van der Waals surface area contributed by atoms with Crippen molar-refractivity contribution in [3.8, 4) is 0 Å². The van der Waals surface area contributed by atoms with Crippen LogP contribution in [0.15, 0.2) is 24.3 Å². The van der Waals surface area contributed by atoms with Crippen LogP contribution in [0.4, 0.5) is 0 Å². The largest absolute Gasteiger partial charge is 0.310 e. The Labute approximate surface area is 157 Å². The van der Waals surface area contributed by atoms with E-state index < -0.39 is 0 Å². The van der Waals surface area contributed by atoms with Crippen LogP contribution >= 0.6 is 0 Å². The molecule has 1 aromatic rings. The summed E-state index contributed by atoms with van der Waals surface area (Å²) in [4.78, 5) is 12.1. The SMILES string of the molecule is O=C1NNC(Cc2cccc(CNC3CCCCC3)c2)C2CCCCC12. The van der Waals surface area contributed by atoms with Crippen LogP contribution in [0.2, 0.25) is 0 Å². The number of carbonyl (C=O) groups is 1. The van der Waals surface area contributed by atoms with Crippen molar-refractivity contribution >= 4 is 5.91 Å². The van der Waals surface area contributed by atoms with Crippen molar-refractivity contribution < 1.29 is 4.79 Å². The first kappa shape index (κ1) is 18.0. The van der Waals surface area contributed by atoms with Gasteiger partial charge in [-0.05, 0) is 49.1 Å². The van der Waals surface area contributed by atoms with Crippen LogP contribution in [0.3, 0.4) is 0 Å². The molecule has 3 unspecified atom stereocenters. The Kier molecular flexibility index (Phi) is 5.91. The van der Waals surface area contributed by atoms with E-state index in [0.717, 1.165) is 19.4 Å². The van der Waals surface area contributed by atoms with Crippen LogP contribution in [0.5, 0.6) is 0 Å². The van der Waals surface area contributed by atoms with Crippen LogP contribution in [0.25, 0.3) is 0 Å². The van der Waals surface area contributed by atoms with Crippen molar-refractivity contribution in [3.63, 3.8) is 0 Å². The second-order valence-corrected chi connectivity index (χ2v) is 8.53. The molecule has 3 N–H and O–H groups in total. The summed E-state index contributed by atoms with van der Waals surface area (Å²) in [5.74, 6) is 0.907. The molecule has 0 aromatic heterocycles. The number of hydrazine groups is 1. The highest BCUT2D eigenvalue weighted by molar-refractivity contribution is 5.79. The minimum absolute atomic E-state index is 0.205. The average molecular weight is 356 g/mol. The van der Waals surface area contributed by atoms with Crippen molar-refractivity contribution in [1.82, 2.24) is 16.2 Å². The summed E-state index contributed by atoms with van der Waals surface area (Å²) in [6.07, 6.45) is 12.5. The lowest BCUT2D eigenvalue weighted by Gasteiger charge is -2.41. The van der Waals surface area contributed by atoms with Crippen molar-refractivity contribution in [3.05, 3.63) is 35.4 Å². The van der Waals surface area contributed by atoms with Gasteiger partial charge in [-0.1, -0.05) is 56.4 Å². The fraction of sp³-hybridized carbons (Fsp3) is 0.682. The topological polar surface area (TPSA) is 53.2 Å². The summed E-state index contributed by atoms with van der Waals surface area (Å²) < 4.78 is 0. The predicted octanol–water partition coefficient (Wildman–Crippen LogP) is 3.46. The molecule has 2 aliphatic carbocycles. The number of amides is 1. The van der Waals surface area contributed by atoms with Crippen LogP contribution in [-0.2, 0) is 17.8 Å². The third-order valence-electron chi connectivity index (χ3n) is 6.70. The molecule has 142 valence electrons. The molecular weight excluding hydrogens is 322 g/mol. The van der Waals surface area contributed by atoms with Gasteiger partial charge in [-0.15, -0.1) is 0 Å². The number of hydrogen-bond donors (Lipinski definition) is 3. The minimum Gasteiger partial charge on any atom is -0.310 e. The van der Waals surface area contributed by atoms with Gasteiger partial charge in [-0.25, -0.2) is 5.43 Å². The molecule has 4 rings (SSSR count). The third-order valence-corrected chi connectivity index (χ3v) is 6.70. The quantitative estimate of drug-likeness (QED) is 0.758.